The van der Waals surface area contributed by atoms with Gasteiger partial charge < -0.3 is 9.53 Å². The molecule has 0 aromatic heterocycles. The maximum absolute atomic E-state index is 11.9. The van der Waals surface area contributed by atoms with Gasteiger partial charge in [0.2, 0.25) is 0 Å². The van der Waals surface area contributed by atoms with Crippen LogP contribution in [0.4, 0.5) is 0 Å². The van der Waals surface area contributed by atoms with Crippen LogP contribution in [-0.2, 0) is 14.3 Å². The lowest BCUT2D eigenvalue weighted by atomic mass is 9.97. The molecule has 3 nitrogen and oxygen atoms in total. The average molecular weight is 226 g/mol. The molecule has 1 unspecified atom stereocenters. The van der Waals surface area contributed by atoms with Crippen molar-refractivity contribution in [1.29, 1.82) is 0 Å². The number of hydrogen-bond donors (Lipinski definition) is 0. The number of esters is 1. The fourth-order valence-corrected chi connectivity index (χ4v) is 2.31. The summed E-state index contributed by atoms with van der Waals surface area (Å²) < 4.78 is 5.35. The van der Waals surface area contributed by atoms with Crippen LogP contribution in [0.15, 0.2) is 0 Å². The zero-order valence-corrected chi connectivity index (χ0v) is 10.7. The standard InChI is InChI=1S/C13H22O3/c1-5-9-6-10(8-14)11(7-9)12(15)16-13(2,3)4/h8-11H,5-7H2,1-4H3/t9?,10-,11+/m1/s1. The first kappa shape index (κ1) is 13.2. The lowest BCUT2D eigenvalue weighted by Crippen LogP contribution is -2.30. The van der Waals surface area contributed by atoms with Crippen molar-refractivity contribution in [2.75, 3.05) is 0 Å². The monoisotopic (exact) mass is 226 g/mol. The van der Waals surface area contributed by atoms with Gasteiger partial charge in [0.1, 0.15) is 11.9 Å². The van der Waals surface area contributed by atoms with E-state index in [9.17, 15) is 9.59 Å². The van der Waals surface area contributed by atoms with E-state index in [0.717, 1.165) is 25.5 Å². The first-order valence-corrected chi connectivity index (χ1v) is 6.05. The summed E-state index contributed by atoms with van der Waals surface area (Å²) in [5.74, 6) is -0.0743. The third kappa shape index (κ3) is 3.32. The minimum Gasteiger partial charge on any atom is -0.460 e. The number of ether oxygens (including phenoxy) is 1. The summed E-state index contributed by atoms with van der Waals surface area (Å²) in [5.41, 5.74) is -0.463. The van der Waals surface area contributed by atoms with Crippen molar-refractivity contribution in [2.24, 2.45) is 17.8 Å². The van der Waals surface area contributed by atoms with Gasteiger partial charge in [-0.25, -0.2) is 0 Å². The molecule has 0 aromatic rings. The van der Waals surface area contributed by atoms with Gasteiger partial charge in [-0.1, -0.05) is 13.3 Å². The number of carbonyl (C=O) groups excluding carboxylic acids is 2. The maximum atomic E-state index is 11.9. The Morgan fingerprint density at radius 1 is 1.38 bits per heavy atom. The van der Waals surface area contributed by atoms with E-state index in [1.54, 1.807) is 0 Å². The Kier molecular flexibility index (Phi) is 4.11. The molecule has 3 atom stereocenters. The second kappa shape index (κ2) is 4.98. The summed E-state index contributed by atoms with van der Waals surface area (Å²) in [6.45, 7) is 7.66. The molecule has 0 heterocycles. The Hall–Kier alpha value is -0.860. The largest absolute Gasteiger partial charge is 0.460 e. The Morgan fingerprint density at radius 3 is 2.44 bits per heavy atom. The highest BCUT2D eigenvalue weighted by atomic mass is 16.6. The van der Waals surface area contributed by atoms with E-state index < -0.39 is 5.60 Å². The number of aldehydes is 1. The fraction of sp³-hybridized carbons (Fsp3) is 0.846. The van der Waals surface area contributed by atoms with Crippen LogP contribution >= 0.6 is 0 Å². The van der Waals surface area contributed by atoms with Crippen molar-refractivity contribution in [2.45, 2.75) is 52.6 Å². The lowest BCUT2D eigenvalue weighted by molar-refractivity contribution is -0.161. The molecule has 0 radical (unpaired) electrons. The Labute approximate surface area is 97.5 Å². The second-order valence-corrected chi connectivity index (χ2v) is 5.69. The first-order chi connectivity index (χ1) is 7.37. The van der Waals surface area contributed by atoms with Gasteiger partial charge in [0.05, 0.1) is 5.92 Å². The molecule has 0 bridgehead atoms. The van der Waals surface area contributed by atoms with Gasteiger partial charge in [-0.2, -0.15) is 0 Å². The van der Waals surface area contributed by atoms with Crippen LogP contribution in [0.25, 0.3) is 0 Å². The van der Waals surface area contributed by atoms with Crippen molar-refractivity contribution in [3.63, 3.8) is 0 Å². The molecule has 1 saturated carbocycles. The summed E-state index contributed by atoms with van der Waals surface area (Å²) in [6, 6.07) is 0. The molecule has 1 aliphatic carbocycles. The zero-order valence-electron chi connectivity index (χ0n) is 10.7. The topological polar surface area (TPSA) is 43.4 Å². The van der Waals surface area contributed by atoms with E-state index in [-0.39, 0.29) is 17.8 Å². The predicted octanol–water partition coefficient (Wildman–Crippen LogP) is 2.58. The molecule has 1 aliphatic rings. The van der Waals surface area contributed by atoms with Crippen molar-refractivity contribution >= 4 is 12.3 Å². The minimum absolute atomic E-state index is 0.139. The summed E-state index contributed by atoms with van der Waals surface area (Å²) in [7, 11) is 0. The van der Waals surface area contributed by atoms with E-state index in [1.165, 1.54) is 0 Å². The molecular weight excluding hydrogens is 204 g/mol. The Morgan fingerprint density at radius 2 is 2.00 bits per heavy atom. The molecule has 0 aliphatic heterocycles. The van der Waals surface area contributed by atoms with Gasteiger partial charge in [-0.15, -0.1) is 0 Å². The summed E-state index contributed by atoms with van der Waals surface area (Å²) >= 11 is 0. The fourth-order valence-electron chi connectivity index (χ4n) is 2.31. The number of carbonyl (C=O) groups is 2. The van der Waals surface area contributed by atoms with Crippen LogP contribution < -0.4 is 0 Å². The first-order valence-electron chi connectivity index (χ1n) is 6.05. The zero-order chi connectivity index (χ0) is 12.3. The highest BCUT2D eigenvalue weighted by Crippen LogP contribution is 2.38. The molecule has 0 amide bonds. The molecule has 92 valence electrons. The van der Waals surface area contributed by atoms with Crippen LogP contribution in [0.3, 0.4) is 0 Å². The number of hydrogen-bond acceptors (Lipinski definition) is 3. The summed E-state index contributed by atoms with van der Waals surface area (Å²) in [6.07, 6.45) is 3.59. The van der Waals surface area contributed by atoms with E-state index >= 15 is 0 Å². The molecule has 1 rings (SSSR count). The summed E-state index contributed by atoms with van der Waals surface area (Å²) in [4.78, 5) is 22.9. The quantitative estimate of drug-likeness (QED) is 0.548. The predicted molar refractivity (Wildman–Crippen MR) is 61.9 cm³/mol. The van der Waals surface area contributed by atoms with Gasteiger partial charge in [-0.3, -0.25) is 4.79 Å². The van der Waals surface area contributed by atoms with E-state index in [4.69, 9.17) is 4.74 Å². The third-order valence-corrected chi connectivity index (χ3v) is 3.17. The van der Waals surface area contributed by atoms with E-state index in [1.807, 2.05) is 20.8 Å². The molecule has 3 heteroatoms. The molecule has 16 heavy (non-hydrogen) atoms. The van der Waals surface area contributed by atoms with Crippen LogP contribution in [0.1, 0.15) is 47.0 Å². The van der Waals surface area contributed by atoms with Crippen LogP contribution in [-0.4, -0.2) is 17.9 Å². The van der Waals surface area contributed by atoms with Crippen molar-refractivity contribution in [3.8, 4) is 0 Å². The molecule has 0 saturated heterocycles. The van der Waals surface area contributed by atoms with E-state index in [0.29, 0.717) is 5.92 Å². The van der Waals surface area contributed by atoms with Gasteiger partial charge in [0, 0.05) is 5.92 Å². The molecule has 1 fully saturated rings. The third-order valence-electron chi connectivity index (χ3n) is 3.17. The maximum Gasteiger partial charge on any atom is 0.310 e. The van der Waals surface area contributed by atoms with Crippen LogP contribution in [0.2, 0.25) is 0 Å². The highest BCUT2D eigenvalue weighted by Gasteiger charge is 2.39. The van der Waals surface area contributed by atoms with Crippen LogP contribution in [0, 0.1) is 17.8 Å². The van der Waals surface area contributed by atoms with Gasteiger partial charge in [0.25, 0.3) is 0 Å². The van der Waals surface area contributed by atoms with E-state index in [2.05, 4.69) is 6.92 Å². The van der Waals surface area contributed by atoms with Crippen molar-refractivity contribution in [3.05, 3.63) is 0 Å². The highest BCUT2D eigenvalue weighted by molar-refractivity contribution is 5.77. The molecular formula is C13H22O3. The Balaban J connectivity index is 2.64. The average Bonchev–Trinajstić information content (AvgIpc) is 2.58. The van der Waals surface area contributed by atoms with Crippen LogP contribution in [0.5, 0.6) is 0 Å². The van der Waals surface area contributed by atoms with Gasteiger partial charge >= 0.3 is 5.97 Å². The smallest absolute Gasteiger partial charge is 0.310 e. The Bertz CT molecular complexity index is 265. The SMILES string of the molecule is CCC1C[C@H](C(=O)OC(C)(C)C)[C@@H](C=O)C1. The summed E-state index contributed by atoms with van der Waals surface area (Å²) in [5, 5.41) is 0. The minimum atomic E-state index is -0.463. The second-order valence-electron chi connectivity index (χ2n) is 5.69. The molecule has 0 aromatic carbocycles. The molecule has 0 spiro atoms. The van der Waals surface area contributed by atoms with Gasteiger partial charge in [0.15, 0.2) is 0 Å². The van der Waals surface area contributed by atoms with Gasteiger partial charge in [-0.05, 0) is 39.5 Å². The van der Waals surface area contributed by atoms with Crippen molar-refractivity contribution in [1.82, 2.24) is 0 Å². The van der Waals surface area contributed by atoms with Crippen molar-refractivity contribution < 1.29 is 14.3 Å². The molecule has 0 N–H and O–H groups in total. The number of rotatable bonds is 3. The normalized spacial score (nSPS) is 30.1. The lowest BCUT2D eigenvalue weighted by Gasteiger charge is -2.23.